The summed E-state index contributed by atoms with van der Waals surface area (Å²) < 4.78 is 10.0. The first-order valence-corrected chi connectivity index (χ1v) is 4.75. The van der Waals surface area contributed by atoms with Crippen molar-refractivity contribution in [3.05, 3.63) is 45.8 Å². The van der Waals surface area contributed by atoms with Crippen LogP contribution in [0.3, 0.4) is 0 Å². The smallest absolute Gasteiger partial charge is 0.341 e. The van der Waals surface area contributed by atoms with Gasteiger partial charge in [0, 0.05) is 6.07 Å². The first-order valence-electron chi connectivity index (χ1n) is 4.75. The van der Waals surface area contributed by atoms with Gasteiger partial charge in [-0.25, -0.2) is 4.79 Å². The molecule has 0 unspecified atom stereocenters. The van der Waals surface area contributed by atoms with E-state index >= 15 is 0 Å². The molecule has 1 aromatic carbocycles. The van der Waals surface area contributed by atoms with Crippen molar-refractivity contribution in [2.45, 2.75) is 6.92 Å². The Morgan fingerprint density at radius 2 is 2.12 bits per heavy atom. The number of carbonyl (C=O) groups excluding carboxylic acids is 1. The lowest BCUT2D eigenvalue weighted by atomic mass is 10.1. The number of carbonyl (C=O) groups is 1. The molecular weight excluding hydrogens is 208 g/mol. The Labute approximate surface area is 91.4 Å². The van der Waals surface area contributed by atoms with Crippen molar-refractivity contribution in [3.8, 4) is 0 Å². The van der Waals surface area contributed by atoms with Crippen LogP contribution in [0.1, 0.15) is 16.1 Å². The number of fused-ring (bicyclic) bond motifs is 1. The third-order valence-electron chi connectivity index (χ3n) is 2.28. The Morgan fingerprint density at radius 3 is 2.81 bits per heavy atom. The van der Waals surface area contributed by atoms with Crippen molar-refractivity contribution in [1.82, 2.24) is 0 Å². The van der Waals surface area contributed by atoms with Gasteiger partial charge < -0.3 is 9.15 Å². The van der Waals surface area contributed by atoms with Crippen LogP contribution < -0.4 is 5.43 Å². The van der Waals surface area contributed by atoms with E-state index in [1.165, 1.54) is 13.2 Å². The maximum atomic E-state index is 11.7. The number of ether oxygens (including phenoxy) is 1. The van der Waals surface area contributed by atoms with Crippen molar-refractivity contribution in [3.63, 3.8) is 0 Å². The highest BCUT2D eigenvalue weighted by molar-refractivity contribution is 6.01. The zero-order valence-electron chi connectivity index (χ0n) is 8.94. The van der Waals surface area contributed by atoms with Crippen LogP contribution in [0, 0.1) is 6.92 Å². The van der Waals surface area contributed by atoms with Crippen molar-refractivity contribution in [2.24, 2.45) is 0 Å². The number of aryl methyl sites for hydroxylation is 1. The van der Waals surface area contributed by atoms with Crippen LogP contribution in [0.4, 0.5) is 0 Å². The maximum Gasteiger partial charge on any atom is 0.341 e. The normalized spacial score (nSPS) is 10.4. The minimum absolute atomic E-state index is 0.162. The molecule has 0 fully saturated rings. The lowest BCUT2D eigenvalue weighted by molar-refractivity contribution is 0.0601. The van der Waals surface area contributed by atoms with Crippen LogP contribution in [-0.4, -0.2) is 13.1 Å². The summed E-state index contributed by atoms with van der Waals surface area (Å²) in [5, 5.41) is 0.383. The van der Waals surface area contributed by atoms with Gasteiger partial charge in [-0.15, -0.1) is 0 Å². The van der Waals surface area contributed by atoms with Crippen molar-refractivity contribution in [2.75, 3.05) is 7.11 Å². The molecule has 0 aliphatic carbocycles. The standard InChI is InChI=1S/C12H10O4/c1-7-6-10(13)8-4-3-5-9(11(8)16-7)12(14)15-2/h3-6H,1-2H3. The lowest BCUT2D eigenvalue weighted by Gasteiger charge is -2.03. The molecule has 2 rings (SSSR count). The van der Waals surface area contributed by atoms with Crippen molar-refractivity contribution in [1.29, 1.82) is 0 Å². The SMILES string of the molecule is COC(=O)c1cccc2c(=O)cc(C)oc12. The zero-order valence-corrected chi connectivity index (χ0v) is 8.94. The van der Waals surface area contributed by atoms with Gasteiger partial charge in [0.15, 0.2) is 11.0 Å². The second kappa shape index (κ2) is 3.81. The van der Waals surface area contributed by atoms with Gasteiger partial charge in [0.2, 0.25) is 0 Å². The third kappa shape index (κ3) is 1.58. The van der Waals surface area contributed by atoms with Gasteiger partial charge in [0.05, 0.1) is 12.5 Å². The molecule has 0 saturated carbocycles. The molecule has 1 aromatic heterocycles. The van der Waals surface area contributed by atoms with Crippen molar-refractivity contribution >= 4 is 16.9 Å². The van der Waals surface area contributed by atoms with Gasteiger partial charge in [-0.05, 0) is 19.1 Å². The highest BCUT2D eigenvalue weighted by Gasteiger charge is 2.13. The Bertz CT molecular complexity index is 610. The van der Waals surface area contributed by atoms with E-state index < -0.39 is 5.97 Å². The Hall–Kier alpha value is -2.10. The summed E-state index contributed by atoms with van der Waals surface area (Å²) in [6.07, 6.45) is 0. The minimum Gasteiger partial charge on any atom is -0.465 e. The van der Waals surface area contributed by atoms with E-state index in [2.05, 4.69) is 4.74 Å². The van der Waals surface area contributed by atoms with E-state index in [1.807, 2.05) is 0 Å². The average molecular weight is 218 g/mol. The predicted octanol–water partition coefficient (Wildman–Crippen LogP) is 1.89. The minimum atomic E-state index is -0.514. The molecule has 0 radical (unpaired) electrons. The highest BCUT2D eigenvalue weighted by atomic mass is 16.5. The largest absolute Gasteiger partial charge is 0.465 e. The molecule has 16 heavy (non-hydrogen) atoms. The van der Waals surface area contributed by atoms with Gasteiger partial charge in [-0.2, -0.15) is 0 Å². The van der Waals surface area contributed by atoms with Crippen LogP contribution in [0.5, 0.6) is 0 Å². The van der Waals surface area contributed by atoms with E-state index in [4.69, 9.17) is 4.42 Å². The topological polar surface area (TPSA) is 56.5 Å². The number of esters is 1. The van der Waals surface area contributed by atoms with Crippen LogP contribution in [-0.2, 0) is 4.74 Å². The van der Waals surface area contributed by atoms with Crippen molar-refractivity contribution < 1.29 is 13.9 Å². The lowest BCUT2D eigenvalue weighted by Crippen LogP contribution is -2.06. The molecule has 1 heterocycles. The number of hydrogen-bond donors (Lipinski definition) is 0. The molecule has 4 heteroatoms. The fraction of sp³-hybridized carbons (Fsp3) is 0.167. The zero-order chi connectivity index (χ0) is 11.7. The summed E-state index contributed by atoms with van der Waals surface area (Å²) in [4.78, 5) is 23.1. The molecule has 0 bridgehead atoms. The average Bonchev–Trinajstić information content (AvgIpc) is 2.27. The second-order valence-electron chi connectivity index (χ2n) is 3.40. The first kappa shape index (κ1) is 10.4. The quantitative estimate of drug-likeness (QED) is 0.686. The van der Waals surface area contributed by atoms with Gasteiger partial charge in [0.1, 0.15) is 11.3 Å². The van der Waals surface area contributed by atoms with E-state index in [1.54, 1.807) is 25.1 Å². The predicted molar refractivity (Wildman–Crippen MR) is 58.6 cm³/mol. The summed E-state index contributed by atoms with van der Waals surface area (Å²) >= 11 is 0. The number of methoxy groups -OCH3 is 1. The van der Waals surface area contributed by atoms with E-state index in [0.29, 0.717) is 11.1 Å². The Kier molecular flexibility index (Phi) is 2.48. The maximum absolute atomic E-state index is 11.7. The van der Waals surface area contributed by atoms with Gasteiger partial charge in [-0.3, -0.25) is 4.79 Å². The van der Waals surface area contributed by atoms with E-state index in [-0.39, 0.29) is 16.6 Å². The second-order valence-corrected chi connectivity index (χ2v) is 3.40. The molecule has 0 spiro atoms. The fourth-order valence-corrected chi connectivity index (χ4v) is 1.56. The molecule has 0 atom stereocenters. The highest BCUT2D eigenvalue weighted by Crippen LogP contribution is 2.17. The molecule has 0 aliphatic heterocycles. The summed E-state index contributed by atoms with van der Waals surface area (Å²) in [6.45, 7) is 1.66. The third-order valence-corrected chi connectivity index (χ3v) is 2.28. The molecule has 0 amide bonds. The molecule has 0 saturated heterocycles. The number of rotatable bonds is 1. The molecule has 0 aliphatic rings. The summed E-state index contributed by atoms with van der Waals surface area (Å²) in [6, 6.07) is 6.20. The molecule has 82 valence electrons. The van der Waals surface area contributed by atoms with Crippen LogP contribution in [0.15, 0.2) is 33.5 Å². The molecule has 0 N–H and O–H groups in total. The van der Waals surface area contributed by atoms with Gasteiger partial charge >= 0.3 is 5.97 Å². The Morgan fingerprint density at radius 1 is 1.38 bits per heavy atom. The monoisotopic (exact) mass is 218 g/mol. The summed E-state index contributed by atoms with van der Waals surface area (Å²) in [5.41, 5.74) is 0.379. The fourth-order valence-electron chi connectivity index (χ4n) is 1.56. The van der Waals surface area contributed by atoms with E-state index in [0.717, 1.165) is 0 Å². The molecular formula is C12H10O4. The summed E-state index contributed by atoms with van der Waals surface area (Å²) in [7, 11) is 1.29. The first-order chi connectivity index (χ1) is 7.63. The van der Waals surface area contributed by atoms with Crippen LogP contribution >= 0.6 is 0 Å². The number of hydrogen-bond acceptors (Lipinski definition) is 4. The van der Waals surface area contributed by atoms with Crippen LogP contribution in [0.2, 0.25) is 0 Å². The molecule has 2 aromatic rings. The van der Waals surface area contributed by atoms with Gasteiger partial charge in [0.25, 0.3) is 0 Å². The number of benzene rings is 1. The van der Waals surface area contributed by atoms with Crippen LogP contribution in [0.25, 0.3) is 11.0 Å². The summed E-state index contributed by atoms with van der Waals surface area (Å²) in [5.74, 6) is -0.0480. The van der Waals surface area contributed by atoms with E-state index in [9.17, 15) is 9.59 Å². The Balaban J connectivity index is 2.87. The molecule has 4 nitrogen and oxygen atoms in total. The number of para-hydroxylation sites is 1. The van der Waals surface area contributed by atoms with Gasteiger partial charge in [-0.1, -0.05) is 6.07 Å².